The number of carbonyl (C=O) groups is 1. The number of pyridine rings is 1. The quantitative estimate of drug-likeness (QED) is 0.895. The fourth-order valence-corrected chi connectivity index (χ4v) is 2.31. The zero-order valence-electron chi connectivity index (χ0n) is 13.3. The van der Waals surface area contributed by atoms with Crippen molar-refractivity contribution in [3.63, 3.8) is 0 Å². The van der Waals surface area contributed by atoms with Gasteiger partial charge < -0.3 is 15.4 Å². The van der Waals surface area contributed by atoms with Crippen LogP contribution < -0.4 is 10.6 Å². The van der Waals surface area contributed by atoms with Crippen LogP contribution in [0.1, 0.15) is 44.7 Å². The fourth-order valence-electron chi connectivity index (χ4n) is 2.31. The molecule has 1 aliphatic rings. The number of hydrogen-bond donors (Lipinski definition) is 2. The zero-order valence-corrected chi connectivity index (χ0v) is 13.3. The van der Waals surface area contributed by atoms with Crippen LogP contribution in [-0.2, 0) is 11.3 Å². The highest BCUT2D eigenvalue weighted by Gasteiger charge is 2.31. The highest BCUT2D eigenvalue weighted by atomic mass is 16.6. The molecule has 0 spiro atoms. The molecule has 0 bridgehead atoms. The molecule has 2 N–H and O–H groups in total. The van der Waals surface area contributed by atoms with Gasteiger partial charge in [0.1, 0.15) is 5.60 Å². The molecule has 1 saturated carbocycles. The third-order valence-corrected chi connectivity index (χ3v) is 3.59. The van der Waals surface area contributed by atoms with Gasteiger partial charge in [0.25, 0.3) is 0 Å². The molecule has 1 fully saturated rings. The number of carbonyl (C=O) groups excluding carboxylic acids is 1. The van der Waals surface area contributed by atoms with Gasteiger partial charge in [-0.2, -0.15) is 0 Å². The summed E-state index contributed by atoms with van der Waals surface area (Å²) in [7, 11) is 0. The lowest BCUT2D eigenvalue weighted by Gasteiger charge is -2.36. The number of nitrogens with zero attached hydrogens (tertiary/aromatic N) is 1. The molecule has 0 saturated heterocycles. The summed E-state index contributed by atoms with van der Waals surface area (Å²) in [4.78, 5) is 15.8. The largest absolute Gasteiger partial charge is 0.444 e. The lowest BCUT2D eigenvalue weighted by atomic mass is 9.86. The van der Waals surface area contributed by atoms with Crippen molar-refractivity contribution in [2.75, 3.05) is 0 Å². The van der Waals surface area contributed by atoms with Crippen LogP contribution in [0.15, 0.2) is 18.5 Å². The Hall–Kier alpha value is -1.62. The normalized spacial score (nSPS) is 21.5. The number of rotatable bonds is 4. The van der Waals surface area contributed by atoms with Crippen molar-refractivity contribution in [2.24, 2.45) is 0 Å². The number of hydrogen-bond acceptors (Lipinski definition) is 4. The monoisotopic (exact) mass is 291 g/mol. The topological polar surface area (TPSA) is 63.2 Å². The maximum Gasteiger partial charge on any atom is 0.407 e. The third-order valence-electron chi connectivity index (χ3n) is 3.59. The first-order valence-corrected chi connectivity index (χ1v) is 7.46. The molecule has 5 nitrogen and oxygen atoms in total. The minimum Gasteiger partial charge on any atom is -0.444 e. The van der Waals surface area contributed by atoms with Crippen LogP contribution in [0.5, 0.6) is 0 Å². The Bertz CT molecular complexity index is 491. The van der Waals surface area contributed by atoms with Crippen molar-refractivity contribution >= 4 is 6.09 Å². The minimum absolute atomic E-state index is 0.215. The standard InChI is InChI=1S/C16H25N3O2/c1-11-5-6-17-9-12(11)10-18-13-7-14(8-13)19-15(20)21-16(2,3)4/h5-6,9,13-14,18H,7-8,10H2,1-4H3,(H,19,20). The molecule has 1 heterocycles. The van der Waals surface area contributed by atoms with Crippen molar-refractivity contribution in [3.05, 3.63) is 29.6 Å². The van der Waals surface area contributed by atoms with E-state index in [-0.39, 0.29) is 12.1 Å². The number of alkyl carbamates (subject to hydrolysis) is 1. The zero-order chi connectivity index (χ0) is 15.5. The van der Waals surface area contributed by atoms with Crippen molar-refractivity contribution in [3.8, 4) is 0 Å². The first kappa shape index (κ1) is 15.8. The summed E-state index contributed by atoms with van der Waals surface area (Å²) in [6.45, 7) is 8.52. The molecule has 21 heavy (non-hydrogen) atoms. The van der Waals surface area contributed by atoms with Crippen molar-refractivity contribution in [1.82, 2.24) is 15.6 Å². The van der Waals surface area contributed by atoms with E-state index in [4.69, 9.17) is 4.74 Å². The second kappa shape index (κ2) is 6.43. The molecule has 0 atom stereocenters. The van der Waals surface area contributed by atoms with Gasteiger partial charge in [-0.25, -0.2) is 4.79 Å². The van der Waals surface area contributed by atoms with Crippen LogP contribution in [0.25, 0.3) is 0 Å². The average Bonchev–Trinajstić information content (AvgIpc) is 2.31. The molecule has 0 aromatic carbocycles. The summed E-state index contributed by atoms with van der Waals surface area (Å²) in [5, 5.41) is 6.39. The maximum atomic E-state index is 11.6. The van der Waals surface area contributed by atoms with E-state index in [0.717, 1.165) is 19.4 Å². The Labute approximate surface area is 126 Å². The smallest absolute Gasteiger partial charge is 0.407 e. The highest BCUT2D eigenvalue weighted by Crippen LogP contribution is 2.21. The molecule has 0 unspecified atom stereocenters. The van der Waals surface area contributed by atoms with Crippen LogP contribution in [0, 0.1) is 6.92 Å². The summed E-state index contributed by atoms with van der Waals surface area (Å²) < 4.78 is 5.25. The second-order valence-corrected chi connectivity index (χ2v) is 6.69. The van der Waals surface area contributed by atoms with Crippen molar-refractivity contribution < 1.29 is 9.53 Å². The van der Waals surface area contributed by atoms with Crippen LogP contribution in [-0.4, -0.2) is 28.8 Å². The van der Waals surface area contributed by atoms with Crippen LogP contribution in [0.2, 0.25) is 0 Å². The van der Waals surface area contributed by atoms with Gasteiger partial charge in [0.2, 0.25) is 0 Å². The van der Waals surface area contributed by atoms with E-state index in [2.05, 4.69) is 22.5 Å². The van der Waals surface area contributed by atoms with E-state index in [0.29, 0.717) is 6.04 Å². The molecule has 1 amide bonds. The van der Waals surface area contributed by atoms with Crippen LogP contribution in [0.3, 0.4) is 0 Å². The lowest BCUT2D eigenvalue weighted by molar-refractivity contribution is 0.0465. The van der Waals surface area contributed by atoms with E-state index >= 15 is 0 Å². The number of amides is 1. The van der Waals surface area contributed by atoms with Gasteiger partial charge in [-0.3, -0.25) is 4.98 Å². The molecule has 1 aliphatic carbocycles. The van der Waals surface area contributed by atoms with Gasteiger partial charge in [-0.15, -0.1) is 0 Å². The Morgan fingerprint density at radius 2 is 2.10 bits per heavy atom. The number of aromatic nitrogens is 1. The van der Waals surface area contributed by atoms with E-state index in [9.17, 15) is 4.79 Å². The summed E-state index contributed by atoms with van der Waals surface area (Å²) in [5.74, 6) is 0. The van der Waals surface area contributed by atoms with E-state index < -0.39 is 5.60 Å². The van der Waals surface area contributed by atoms with E-state index in [1.54, 1.807) is 0 Å². The fraction of sp³-hybridized carbons (Fsp3) is 0.625. The molecule has 5 heteroatoms. The van der Waals surface area contributed by atoms with E-state index in [1.807, 2.05) is 39.2 Å². The maximum absolute atomic E-state index is 11.6. The van der Waals surface area contributed by atoms with Gasteiger partial charge in [0, 0.05) is 31.0 Å². The van der Waals surface area contributed by atoms with Gasteiger partial charge in [0.15, 0.2) is 0 Å². The third kappa shape index (κ3) is 5.01. The number of ether oxygens (including phenoxy) is 1. The summed E-state index contributed by atoms with van der Waals surface area (Å²) >= 11 is 0. The predicted octanol–water partition coefficient (Wildman–Crippen LogP) is 2.54. The Morgan fingerprint density at radius 1 is 1.38 bits per heavy atom. The second-order valence-electron chi connectivity index (χ2n) is 6.69. The first-order chi connectivity index (χ1) is 9.83. The SMILES string of the molecule is Cc1ccncc1CNC1CC(NC(=O)OC(C)(C)C)C1. The first-order valence-electron chi connectivity index (χ1n) is 7.46. The molecule has 1 aromatic heterocycles. The molecule has 1 aromatic rings. The molecule has 0 radical (unpaired) electrons. The molecule has 116 valence electrons. The van der Waals surface area contributed by atoms with Crippen molar-refractivity contribution in [2.45, 2.75) is 64.8 Å². The minimum atomic E-state index is -0.441. The van der Waals surface area contributed by atoms with Gasteiger partial charge in [-0.05, 0) is 57.7 Å². The summed E-state index contributed by atoms with van der Waals surface area (Å²) in [6.07, 6.45) is 5.27. The molecule has 2 rings (SSSR count). The number of aryl methyl sites for hydroxylation is 1. The average molecular weight is 291 g/mol. The lowest BCUT2D eigenvalue weighted by Crippen LogP contribution is -2.53. The Balaban J connectivity index is 1.66. The van der Waals surface area contributed by atoms with Gasteiger partial charge in [-0.1, -0.05) is 0 Å². The Morgan fingerprint density at radius 3 is 2.71 bits per heavy atom. The van der Waals surface area contributed by atoms with E-state index in [1.165, 1.54) is 11.1 Å². The molecular weight excluding hydrogens is 266 g/mol. The van der Waals surface area contributed by atoms with Crippen LogP contribution >= 0.6 is 0 Å². The van der Waals surface area contributed by atoms with Crippen molar-refractivity contribution in [1.29, 1.82) is 0 Å². The highest BCUT2D eigenvalue weighted by molar-refractivity contribution is 5.68. The summed E-state index contributed by atoms with van der Waals surface area (Å²) in [5.41, 5.74) is 2.03. The number of nitrogens with one attached hydrogen (secondary N) is 2. The van der Waals surface area contributed by atoms with Crippen LogP contribution in [0.4, 0.5) is 4.79 Å². The van der Waals surface area contributed by atoms with Gasteiger partial charge in [0.05, 0.1) is 0 Å². The predicted molar refractivity (Wildman–Crippen MR) is 82.0 cm³/mol. The summed E-state index contributed by atoms with van der Waals surface area (Å²) in [6, 6.07) is 2.68. The Kier molecular flexibility index (Phi) is 4.83. The van der Waals surface area contributed by atoms with Gasteiger partial charge >= 0.3 is 6.09 Å². The molecule has 0 aliphatic heterocycles. The molecular formula is C16H25N3O2.